The molecule has 1 aromatic heterocycles. The predicted octanol–water partition coefficient (Wildman–Crippen LogP) is 3.09. The molecule has 1 saturated heterocycles. The van der Waals surface area contributed by atoms with Gasteiger partial charge in [-0.25, -0.2) is 0 Å². The third-order valence-corrected chi connectivity index (χ3v) is 5.25. The number of para-hydroxylation sites is 2. The molecule has 0 aliphatic carbocycles. The summed E-state index contributed by atoms with van der Waals surface area (Å²) in [5.41, 5.74) is 2.60. The van der Waals surface area contributed by atoms with Crippen LogP contribution in [0.25, 0.3) is 11.1 Å². The molecule has 0 spiro atoms. The van der Waals surface area contributed by atoms with Crippen LogP contribution in [0.15, 0.2) is 46.9 Å². The fourth-order valence-electron chi connectivity index (χ4n) is 3.74. The maximum absolute atomic E-state index is 12.7. The second kappa shape index (κ2) is 7.07. The molecule has 3 heterocycles. The van der Waals surface area contributed by atoms with E-state index in [9.17, 15) is 4.79 Å². The van der Waals surface area contributed by atoms with Gasteiger partial charge < -0.3 is 24.1 Å². The molecule has 1 amide bonds. The largest absolute Gasteiger partial charge is 0.454 e. The van der Waals surface area contributed by atoms with Crippen LogP contribution in [0.5, 0.6) is 11.5 Å². The van der Waals surface area contributed by atoms with Gasteiger partial charge in [-0.2, -0.15) is 4.98 Å². The van der Waals surface area contributed by atoms with Crippen LogP contribution in [-0.4, -0.2) is 30.8 Å². The lowest BCUT2D eigenvalue weighted by molar-refractivity contribution is -0.125. The summed E-state index contributed by atoms with van der Waals surface area (Å²) in [5, 5.41) is 3.05. The number of hydrogen-bond donors (Lipinski definition) is 1. The molecule has 1 N–H and O–H groups in total. The number of benzene rings is 2. The van der Waals surface area contributed by atoms with Crippen LogP contribution in [0, 0.1) is 5.92 Å². The van der Waals surface area contributed by atoms with Crippen molar-refractivity contribution in [1.29, 1.82) is 0 Å². The first-order valence-corrected chi connectivity index (χ1v) is 9.53. The lowest BCUT2D eigenvalue weighted by Gasteiger charge is -2.30. The third-order valence-electron chi connectivity index (χ3n) is 5.25. The highest BCUT2D eigenvalue weighted by Gasteiger charge is 2.28. The Morgan fingerprint density at radius 1 is 1.18 bits per heavy atom. The van der Waals surface area contributed by atoms with Gasteiger partial charge in [0.25, 0.3) is 6.01 Å². The number of oxazole rings is 1. The fraction of sp³-hybridized carbons (Fsp3) is 0.333. The first-order chi connectivity index (χ1) is 13.8. The number of rotatable bonds is 4. The molecule has 2 aliphatic rings. The SMILES string of the molecule is O=C(NCc1ccc2c(c1)OCO2)[C@H]1CCCN(c2nc3ccccc3o2)C1. The predicted molar refractivity (Wildman–Crippen MR) is 103 cm³/mol. The van der Waals surface area contributed by atoms with E-state index in [4.69, 9.17) is 13.9 Å². The molecular formula is C21H21N3O4. The van der Waals surface area contributed by atoms with Gasteiger partial charge in [0, 0.05) is 19.6 Å². The van der Waals surface area contributed by atoms with Crippen molar-refractivity contribution in [3.8, 4) is 11.5 Å². The Bertz CT molecular complexity index is 983. The van der Waals surface area contributed by atoms with Crippen LogP contribution in [0.2, 0.25) is 0 Å². The van der Waals surface area contributed by atoms with Gasteiger partial charge in [-0.3, -0.25) is 4.79 Å². The Hall–Kier alpha value is -3.22. The molecule has 0 radical (unpaired) electrons. The smallest absolute Gasteiger partial charge is 0.298 e. The van der Waals surface area contributed by atoms with Crippen LogP contribution < -0.4 is 19.7 Å². The highest BCUT2D eigenvalue weighted by molar-refractivity contribution is 5.80. The highest BCUT2D eigenvalue weighted by atomic mass is 16.7. The number of hydrogen-bond acceptors (Lipinski definition) is 6. The molecule has 5 rings (SSSR count). The summed E-state index contributed by atoms with van der Waals surface area (Å²) >= 11 is 0. The summed E-state index contributed by atoms with van der Waals surface area (Å²) in [6.45, 7) is 2.17. The molecule has 2 aromatic carbocycles. The quantitative estimate of drug-likeness (QED) is 0.751. The molecule has 7 heteroatoms. The number of anilines is 1. The Morgan fingerprint density at radius 2 is 2.07 bits per heavy atom. The van der Waals surface area contributed by atoms with Crippen molar-refractivity contribution in [3.63, 3.8) is 0 Å². The Balaban J connectivity index is 1.22. The standard InChI is InChI=1S/C21H21N3O4/c25-20(22-11-14-7-8-18-19(10-14)27-13-26-18)15-4-3-9-24(12-15)21-23-16-5-1-2-6-17(16)28-21/h1-2,5-8,10,15H,3-4,9,11-13H2,(H,22,25)/t15-/m0/s1. The molecule has 2 aliphatic heterocycles. The third kappa shape index (κ3) is 3.24. The molecule has 1 fully saturated rings. The monoisotopic (exact) mass is 379 g/mol. The second-order valence-corrected chi connectivity index (χ2v) is 7.15. The molecule has 0 unspecified atom stereocenters. The topological polar surface area (TPSA) is 76.8 Å². The van der Waals surface area contributed by atoms with Crippen molar-refractivity contribution >= 4 is 23.0 Å². The zero-order chi connectivity index (χ0) is 18.9. The first kappa shape index (κ1) is 16.9. The highest BCUT2D eigenvalue weighted by Crippen LogP contribution is 2.32. The van der Waals surface area contributed by atoms with Gasteiger partial charge in [-0.05, 0) is 42.7 Å². The van der Waals surface area contributed by atoms with Crippen molar-refractivity contribution in [2.45, 2.75) is 19.4 Å². The minimum Gasteiger partial charge on any atom is -0.454 e. The maximum atomic E-state index is 12.7. The summed E-state index contributed by atoms with van der Waals surface area (Å²) < 4.78 is 16.6. The number of nitrogens with one attached hydrogen (secondary N) is 1. The van der Waals surface area contributed by atoms with Crippen molar-refractivity contribution in [3.05, 3.63) is 48.0 Å². The number of aromatic nitrogens is 1. The number of piperidine rings is 1. The number of carbonyl (C=O) groups is 1. The number of nitrogens with zero attached hydrogens (tertiary/aromatic N) is 2. The van der Waals surface area contributed by atoms with E-state index >= 15 is 0 Å². The van der Waals surface area contributed by atoms with Crippen LogP contribution in [0.1, 0.15) is 18.4 Å². The summed E-state index contributed by atoms with van der Waals surface area (Å²) in [6, 6.07) is 14.0. The minimum atomic E-state index is -0.0854. The minimum absolute atomic E-state index is 0.0541. The lowest BCUT2D eigenvalue weighted by atomic mass is 9.97. The molecule has 144 valence electrons. The lowest BCUT2D eigenvalue weighted by Crippen LogP contribution is -2.43. The van der Waals surface area contributed by atoms with E-state index in [-0.39, 0.29) is 18.6 Å². The van der Waals surface area contributed by atoms with Crippen molar-refractivity contribution < 1.29 is 18.7 Å². The molecule has 3 aromatic rings. The van der Waals surface area contributed by atoms with E-state index in [2.05, 4.69) is 15.2 Å². The van der Waals surface area contributed by atoms with E-state index in [1.807, 2.05) is 42.5 Å². The Labute approximate surface area is 162 Å². The van der Waals surface area contributed by atoms with E-state index in [1.165, 1.54) is 0 Å². The van der Waals surface area contributed by atoms with Crippen LogP contribution >= 0.6 is 0 Å². The van der Waals surface area contributed by atoms with Gasteiger partial charge in [0.1, 0.15) is 5.52 Å². The van der Waals surface area contributed by atoms with E-state index in [0.717, 1.165) is 47.5 Å². The second-order valence-electron chi connectivity index (χ2n) is 7.15. The van der Waals surface area contributed by atoms with Gasteiger partial charge in [0.15, 0.2) is 17.1 Å². The van der Waals surface area contributed by atoms with E-state index in [1.54, 1.807) is 0 Å². The number of carbonyl (C=O) groups excluding carboxylic acids is 1. The zero-order valence-corrected chi connectivity index (χ0v) is 15.4. The number of fused-ring (bicyclic) bond motifs is 2. The van der Waals surface area contributed by atoms with Crippen LogP contribution in [0.3, 0.4) is 0 Å². The fourth-order valence-corrected chi connectivity index (χ4v) is 3.74. The molecule has 1 atom stereocenters. The van der Waals surface area contributed by atoms with Crippen LogP contribution in [-0.2, 0) is 11.3 Å². The van der Waals surface area contributed by atoms with Crippen molar-refractivity contribution in [2.24, 2.45) is 5.92 Å². The van der Waals surface area contributed by atoms with Crippen molar-refractivity contribution in [1.82, 2.24) is 10.3 Å². The first-order valence-electron chi connectivity index (χ1n) is 9.53. The molecular weight excluding hydrogens is 358 g/mol. The molecule has 28 heavy (non-hydrogen) atoms. The summed E-state index contributed by atoms with van der Waals surface area (Å²) in [4.78, 5) is 19.3. The molecule has 0 saturated carbocycles. The van der Waals surface area contributed by atoms with E-state index < -0.39 is 0 Å². The van der Waals surface area contributed by atoms with Crippen LogP contribution in [0.4, 0.5) is 6.01 Å². The zero-order valence-electron chi connectivity index (χ0n) is 15.4. The summed E-state index contributed by atoms with van der Waals surface area (Å²) in [7, 11) is 0. The summed E-state index contributed by atoms with van der Waals surface area (Å²) in [5.74, 6) is 1.44. The summed E-state index contributed by atoms with van der Waals surface area (Å²) in [6.07, 6.45) is 1.80. The average Bonchev–Trinajstić information content (AvgIpc) is 3.38. The number of amides is 1. The Kier molecular flexibility index (Phi) is 4.27. The van der Waals surface area contributed by atoms with Gasteiger partial charge in [0.05, 0.1) is 5.92 Å². The molecule has 0 bridgehead atoms. The Morgan fingerprint density at radius 3 is 3.00 bits per heavy atom. The van der Waals surface area contributed by atoms with Gasteiger partial charge in [-0.1, -0.05) is 18.2 Å². The van der Waals surface area contributed by atoms with Gasteiger partial charge in [0.2, 0.25) is 12.7 Å². The van der Waals surface area contributed by atoms with E-state index in [0.29, 0.717) is 19.1 Å². The number of ether oxygens (including phenoxy) is 2. The average molecular weight is 379 g/mol. The maximum Gasteiger partial charge on any atom is 0.298 e. The van der Waals surface area contributed by atoms with Gasteiger partial charge in [-0.15, -0.1) is 0 Å². The van der Waals surface area contributed by atoms with Crippen molar-refractivity contribution in [2.75, 3.05) is 24.8 Å². The van der Waals surface area contributed by atoms with Gasteiger partial charge >= 0.3 is 0 Å². The molecule has 7 nitrogen and oxygen atoms in total. The normalized spacial score (nSPS) is 18.4.